The average molecular weight is 269 g/mol. The molecule has 4 nitrogen and oxygen atoms in total. The van der Waals surface area contributed by atoms with Crippen molar-refractivity contribution in [3.63, 3.8) is 0 Å². The average Bonchev–Trinajstić information content (AvgIpc) is 2.34. The van der Waals surface area contributed by atoms with E-state index in [1.165, 1.54) is 12.3 Å². The van der Waals surface area contributed by atoms with Crippen molar-refractivity contribution in [2.75, 3.05) is 11.9 Å². The zero-order valence-corrected chi connectivity index (χ0v) is 9.66. The van der Waals surface area contributed by atoms with Crippen LogP contribution < -0.4 is 11.1 Å². The van der Waals surface area contributed by atoms with Crippen molar-refractivity contribution in [2.45, 2.75) is 6.18 Å². The molecule has 1 aromatic carbocycles. The van der Waals surface area contributed by atoms with Crippen molar-refractivity contribution in [1.29, 1.82) is 0 Å². The SMILES string of the molecule is NC(=O)CNc1ccnc2cc(C(F)(F)F)ccc12. The van der Waals surface area contributed by atoms with E-state index >= 15 is 0 Å². The van der Waals surface area contributed by atoms with Gasteiger partial charge in [-0.05, 0) is 18.2 Å². The van der Waals surface area contributed by atoms with E-state index in [-0.39, 0.29) is 12.1 Å². The van der Waals surface area contributed by atoms with Gasteiger partial charge in [0.2, 0.25) is 5.91 Å². The lowest BCUT2D eigenvalue weighted by Gasteiger charge is -2.10. The van der Waals surface area contributed by atoms with Gasteiger partial charge < -0.3 is 11.1 Å². The molecule has 0 spiro atoms. The molecule has 0 saturated heterocycles. The molecule has 0 aliphatic rings. The molecule has 0 saturated carbocycles. The second-order valence-electron chi connectivity index (χ2n) is 3.91. The molecule has 0 radical (unpaired) electrons. The van der Waals surface area contributed by atoms with E-state index in [0.717, 1.165) is 12.1 Å². The van der Waals surface area contributed by atoms with Crippen LogP contribution in [0.5, 0.6) is 0 Å². The Balaban J connectivity index is 2.44. The van der Waals surface area contributed by atoms with Gasteiger partial charge in [0.05, 0.1) is 17.6 Å². The quantitative estimate of drug-likeness (QED) is 0.897. The van der Waals surface area contributed by atoms with Crippen LogP contribution in [-0.2, 0) is 11.0 Å². The number of amides is 1. The fourth-order valence-electron chi connectivity index (χ4n) is 1.66. The van der Waals surface area contributed by atoms with E-state index in [4.69, 9.17) is 5.73 Å². The number of nitrogens with two attached hydrogens (primary N) is 1. The summed E-state index contributed by atoms with van der Waals surface area (Å²) < 4.78 is 37.7. The minimum atomic E-state index is -4.41. The van der Waals surface area contributed by atoms with E-state index in [2.05, 4.69) is 10.3 Å². The number of carbonyl (C=O) groups excluding carboxylic acids is 1. The fourth-order valence-corrected chi connectivity index (χ4v) is 1.66. The molecule has 0 fully saturated rings. The number of anilines is 1. The van der Waals surface area contributed by atoms with Gasteiger partial charge in [-0.2, -0.15) is 13.2 Å². The third-order valence-electron chi connectivity index (χ3n) is 2.52. The molecule has 0 unspecified atom stereocenters. The minimum Gasteiger partial charge on any atom is -0.376 e. The third kappa shape index (κ3) is 2.93. The second-order valence-corrected chi connectivity index (χ2v) is 3.91. The first kappa shape index (κ1) is 13.1. The molecular weight excluding hydrogens is 259 g/mol. The van der Waals surface area contributed by atoms with Gasteiger partial charge in [0.15, 0.2) is 0 Å². The summed E-state index contributed by atoms with van der Waals surface area (Å²) >= 11 is 0. The Kier molecular flexibility index (Phi) is 3.28. The second kappa shape index (κ2) is 4.75. The van der Waals surface area contributed by atoms with Crippen molar-refractivity contribution < 1.29 is 18.0 Å². The predicted octanol–water partition coefficient (Wildman–Crippen LogP) is 2.15. The first-order chi connectivity index (χ1) is 8.88. The van der Waals surface area contributed by atoms with Crippen LogP contribution in [0.1, 0.15) is 5.56 Å². The van der Waals surface area contributed by atoms with Crippen LogP contribution in [0.2, 0.25) is 0 Å². The Hall–Kier alpha value is -2.31. The number of nitrogens with zero attached hydrogens (tertiary/aromatic N) is 1. The first-order valence-electron chi connectivity index (χ1n) is 5.36. The molecule has 2 rings (SSSR count). The van der Waals surface area contributed by atoms with Crippen LogP contribution in [-0.4, -0.2) is 17.4 Å². The number of aromatic nitrogens is 1. The number of benzene rings is 1. The summed E-state index contributed by atoms with van der Waals surface area (Å²) in [4.78, 5) is 14.6. The summed E-state index contributed by atoms with van der Waals surface area (Å²) in [6, 6.07) is 4.82. The molecule has 0 bridgehead atoms. The standard InChI is InChI=1S/C12H10F3N3O/c13-12(14,15)7-1-2-8-9(18-6-11(16)19)3-4-17-10(8)5-7/h1-5H,6H2,(H2,16,19)(H,17,18). The van der Waals surface area contributed by atoms with Gasteiger partial charge in [-0.15, -0.1) is 0 Å². The molecule has 0 aliphatic carbocycles. The summed E-state index contributed by atoms with van der Waals surface area (Å²) in [5.41, 5.74) is 4.95. The lowest BCUT2D eigenvalue weighted by atomic mass is 10.1. The number of nitrogens with one attached hydrogen (secondary N) is 1. The van der Waals surface area contributed by atoms with Gasteiger partial charge in [0, 0.05) is 17.3 Å². The summed E-state index contributed by atoms with van der Waals surface area (Å²) in [5, 5.41) is 3.25. The number of fused-ring (bicyclic) bond motifs is 1. The van der Waals surface area contributed by atoms with Gasteiger partial charge in [0.1, 0.15) is 0 Å². The van der Waals surface area contributed by atoms with Crippen LogP contribution in [0.15, 0.2) is 30.5 Å². The smallest absolute Gasteiger partial charge is 0.376 e. The zero-order chi connectivity index (χ0) is 14.0. The Bertz CT molecular complexity index is 625. The van der Waals surface area contributed by atoms with Crippen LogP contribution in [0.25, 0.3) is 10.9 Å². The van der Waals surface area contributed by atoms with E-state index in [1.54, 1.807) is 6.07 Å². The maximum absolute atomic E-state index is 12.6. The lowest BCUT2D eigenvalue weighted by molar-refractivity contribution is -0.137. The fraction of sp³-hybridized carbons (Fsp3) is 0.167. The molecule has 0 aliphatic heterocycles. The third-order valence-corrected chi connectivity index (χ3v) is 2.52. The molecule has 7 heteroatoms. The molecule has 1 heterocycles. The summed E-state index contributed by atoms with van der Waals surface area (Å²) in [6.07, 6.45) is -3.04. The number of primary amides is 1. The van der Waals surface area contributed by atoms with Crippen LogP contribution in [0, 0.1) is 0 Å². The minimum absolute atomic E-state index is 0.0971. The van der Waals surface area contributed by atoms with E-state index in [0.29, 0.717) is 11.1 Å². The Morgan fingerprint density at radius 1 is 1.32 bits per heavy atom. The van der Waals surface area contributed by atoms with Gasteiger partial charge in [-0.25, -0.2) is 0 Å². The van der Waals surface area contributed by atoms with E-state index in [1.807, 2.05) is 0 Å². The Morgan fingerprint density at radius 2 is 2.05 bits per heavy atom. The van der Waals surface area contributed by atoms with Gasteiger partial charge in [0.25, 0.3) is 0 Å². The highest BCUT2D eigenvalue weighted by atomic mass is 19.4. The first-order valence-corrected chi connectivity index (χ1v) is 5.36. The molecular formula is C12H10F3N3O. The molecule has 1 amide bonds. The Morgan fingerprint density at radius 3 is 2.68 bits per heavy atom. The number of hydrogen-bond acceptors (Lipinski definition) is 3. The summed E-state index contributed by atoms with van der Waals surface area (Å²) in [6.45, 7) is -0.0971. The van der Waals surface area contributed by atoms with Crippen molar-refractivity contribution in [2.24, 2.45) is 5.73 Å². The van der Waals surface area contributed by atoms with Crippen molar-refractivity contribution >= 4 is 22.5 Å². The van der Waals surface area contributed by atoms with Gasteiger partial charge in [-0.1, -0.05) is 6.07 Å². The normalized spacial score (nSPS) is 11.5. The predicted molar refractivity (Wildman–Crippen MR) is 64.4 cm³/mol. The number of rotatable bonds is 3. The largest absolute Gasteiger partial charge is 0.416 e. The molecule has 0 atom stereocenters. The monoisotopic (exact) mass is 269 g/mol. The summed E-state index contributed by atoms with van der Waals surface area (Å²) in [5.74, 6) is -0.558. The maximum atomic E-state index is 12.6. The topological polar surface area (TPSA) is 68.0 Å². The number of carbonyl (C=O) groups is 1. The van der Waals surface area contributed by atoms with Gasteiger partial charge >= 0.3 is 6.18 Å². The number of pyridine rings is 1. The lowest BCUT2D eigenvalue weighted by Crippen LogP contribution is -2.21. The van der Waals surface area contributed by atoms with Crippen LogP contribution in [0.4, 0.5) is 18.9 Å². The van der Waals surface area contributed by atoms with Crippen molar-refractivity contribution in [1.82, 2.24) is 4.98 Å². The van der Waals surface area contributed by atoms with E-state index in [9.17, 15) is 18.0 Å². The Labute approximate surface area is 106 Å². The highest BCUT2D eigenvalue weighted by molar-refractivity contribution is 5.93. The number of hydrogen-bond donors (Lipinski definition) is 2. The van der Waals surface area contributed by atoms with E-state index < -0.39 is 17.6 Å². The molecule has 19 heavy (non-hydrogen) atoms. The molecule has 1 aromatic heterocycles. The zero-order valence-electron chi connectivity index (χ0n) is 9.66. The maximum Gasteiger partial charge on any atom is 0.416 e. The van der Waals surface area contributed by atoms with Crippen molar-refractivity contribution in [3.05, 3.63) is 36.0 Å². The van der Waals surface area contributed by atoms with Crippen LogP contribution >= 0.6 is 0 Å². The molecule has 100 valence electrons. The number of alkyl halides is 3. The van der Waals surface area contributed by atoms with Crippen molar-refractivity contribution in [3.8, 4) is 0 Å². The highest BCUT2D eigenvalue weighted by Gasteiger charge is 2.30. The summed E-state index contributed by atoms with van der Waals surface area (Å²) in [7, 11) is 0. The number of halogens is 3. The molecule has 2 aromatic rings. The van der Waals surface area contributed by atoms with Gasteiger partial charge in [-0.3, -0.25) is 9.78 Å². The molecule has 3 N–H and O–H groups in total. The highest BCUT2D eigenvalue weighted by Crippen LogP contribution is 2.32. The van der Waals surface area contributed by atoms with Crippen LogP contribution in [0.3, 0.4) is 0 Å².